The minimum absolute atomic E-state index is 0.0969. The molecule has 0 atom stereocenters. The molecule has 0 aliphatic carbocycles. The summed E-state index contributed by atoms with van der Waals surface area (Å²) in [6.45, 7) is 3.80. The van der Waals surface area contributed by atoms with Gasteiger partial charge in [0.05, 0.1) is 16.4 Å². The molecule has 0 saturated heterocycles. The molecule has 0 unspecified atom stereocenters. The second kappa shape index (κ2) is 8.74. The number of thiazole rings is 1. The highest BCUT2D eigenvalue weighted by atomic mass is 35.5. The topological polar surface area (TPSA) is 91.4 Å². The number of nitrogens with zero attached hydrogens (tertiary/aromatic N) is 2. The Morgan fingerprint density at radius 2 is 1.78 bits per heavy atom. The Morgan fingerprint density at radius 3 is 2.47 bits per heavy atom. The molecular weight excluding hydrogens is 471 g/mol. The highest BCUT2D eigenvalue weighted by Crippen LogP contribution is 2.34. The molecule has 0 radical (unpaired) electrons. The normalized spacial score (nSPS) is 13.7. The van der Waals surface area contributed by atoms with Crippen LogP contribution in [0.2, 0.25) is 5.02 Å². The molecule has 1 aliphatic heterocycles. The van der Waals surface area contributed by atoms with Gasteiger partial charge < -0.3 is 5.32 Å². The molecule has 2 aromatic carbocycles. The lowest BCUT2D eigenvalue weighted by atomic mass is 10.2. The number of halogens is 2. The number of rotatable bonds is 5. The quantitative estimate of drug-likeness (QED) is 0.489. The molecule has 0 saturated carbocycles. The van der Waals surface area contributed by atoms with E-state index in [1.54, 1.807) is 48.5 Å². The van der Waals surface area contributed by atoms with Crippen LogP contribution in [0.4, 0.5) is 16.5 Å². The van der Waals surface area contributed by atoms with Crippen molar-refractivity contribution in [3.8, 4) is 0 Å². The van der Waals surface area contributed by atoms with E-state index < -0.39 is 11.8 Å². The Bertz CT molecular complexity index is 1280. The van der Waals surface area contributed by atoms with Crippen LogP contribution in [0.25, 0.3) is 0 Å². The van der Waals surface area contributed by atoms with Crippen molar-refractivity contribution in [3.05, 3.63) is 80.4 Å². The van der Waals surface area contributed by atoms with Crippen LogP contribution < -0.4 is 15.5 Å². The number of para-hydroxylation sites is 1. The fourth-order valence-corrected chi connectivity index (χ4v) is 4.28. The maximum atomic E-state index is 12.9. The third kappa shape index (κ3) is 4.12. The molecule has 1 aromatic heterocycles. The van der Waals surface area contributed by atoms with Gasteiger partial charge in [0.25, 0.3) is 17.7 Å². The largest absolute Gasteiger partial charge is 0.350 e. The van der Waals surface area contributed by atoms with Crippen molar-refractivity contribution < 1.29 is 14.4 Å². The second-order valence-electron chi connectivity index (χ2n) is 6.91. The van der Waals surface area contributed by atoms with Gasteiger partial charge in [0.1, 0.15) is 10.7 Å². The molecule has 0 bridgehead atoms. The average Bonchev–Trinajstić information content (AvgIpc) is 3.19. The fourth-order valence-electron chi connectivity index (χ4n) is 3.04. The summed E-state index contributed by atoms with van der Waals surface area (Å²) in [5.74, 6) is -1.68. The number of carbonyl (C=O) groups is 3. The van der Waals surface area contributed by atoms with E-state index in [9.17, 15) is 14.4 Å². The van der Waals surface area contributed by atoms with Gasteiger partial charge in [-0.2, -0.15) is 0 Å². The molecule has 1 aliphatic rings. The van der Waals surface area contributed by atoms with E-state index in [0.717, 1.165) is 15.5 Å². The number of carbonyl (C=O) groups excluding carboxylic acids is 3. The number of nitrogens with one attached hydrogen (secondary N) is 2. The predicted octanol–water partition coefficient (Wildman–Crippen LogP) is 5.10. The lowest BCUT2D eigenvalue weighted by Gasteiger charge is -2.16. The van der Waals surface area contributed by atoms with Crippen molar-refractivity contribution in [2.24, 2.45) is 0 Å². The lowest BCUT2D eigenvalue weighted by molar-refractivity contribution is -0.120. The summed E-state index contributed by atoms with van der Waals surface area (Å²) in [6, 6.07) is 13.0. The molecule has 10 heteroatoms. The molecule has 162 valence electrons. The Morgan fingerprint density at radius 1 is 1.03 bits per heavy atom. The summed E-state index contributed by atoms with van der Waals surface area (Å²) < 4.78 is 0. The summed E-state index contributed by atoms with van der Waals surface area (Å²) in [4.78, 5) is 44.4. The number of hydrogen-bond donors (Lipinski definition) is 2. The van der Waals surface area contributed by atoms with Crippen molar-refractivity contribution in [2.75, 3.05) is 15.5 Å². The van der Waals surface area contributed by atoms with Gasteiger partial charge in [0.2, 0.25) is 0 Å². The Kier molecular flexibility index (Phi) is 6.01. The van der Waals surface area contributed by atoms with E-state index in [-0.39, 0.29) is 27.3 Å². The van der Waals surface area contributed by atoms with E-state index in [2.05, 4.69) is 15.6 Å². The van der Waals surface area contributed by atoms with Gasteiger partial charge in [-0.05, 0) is 44.2 Å². The first-order valence-electron chi connectivity index (χ1n) is 9.42. The molecular formula is C22H16Cl2N4O3S. The molecule has 2 heterocycles. The minimum atomic E-state index is -0.685. The van der Waals surface area contributed by atoms with Gasteiger partial charge in [-0.3, -0.25) is 19.7 Å². The van der Waals surface area contributed by atoms with E-state index in [0.29, 0.717) is 16.4 Å². The SMILES string of the molecule is Cc1nc(NC(=O)c2cccc(NC3=C(Cl)C(=O)N(c4ccccc4Cl)C3=O)c2)sc1C. The standard InChI is InChI=1S/C22H16Cl2N4O3S/c1-11-12(2)32-22(25-11)27-19(29)13-6-5-7-14(10-13)26-18-17(24)20(30)28(21(18)31)16-9-4-3-8-15(16)23/h3-10,26H,1-2H3,(H,25,27,29). The summed E-state index contributed by atoms with van der Waals surface area (Å²) in [6.07, 6.45) is 0. The molecule has 2 N–H and O–H groups in total. The molecule has 3 amide bonds. The number of anilines is 3. The second-order valence-corrected chi connectivity index (χ2v) is 8.90. The predicted molar refractivity (Wildman–Crippen MR) is 126 cm³/mol. The monoisotopic (exact) mass is 486 g/mol. The minimum Gasteiger partial charge on any atom is -0.350 e. The summed E-state index contributed by atoms with van der Waals surface area (Å²) in [5.41, 5.74) is 1.76. The Hall–Kier alpha value is -3.20. The van der Waals surface area contributed by atoms with Crippen LogP contribution in [0.3, 0.4) is 0 Å². The first kappa shape index (κ1) is 22.0. The number of hydrogen-bond acceptors (Lipinski definition) is 6. The van der Waals surface area contributed by atoms with Crippen LogP contribution in [0.15, 0.2) is 59.3 Å². The van der Waals surface area contributed by atoms with Crippen LogP contribution in [0.5, 0.6) is 0 Å². The molecule has 0 fully saturated rings. The van der Waals surface area contributed by atoms with Crippen LogP contribution in [-0.2, 0) is 9.59 Å². The lowest BCUT2D eigenvalue weighted by Crippen LogP contribution is -2.32. The molecule has 7 nitrogen and oxygen atoms in total. The zero-order valence-electron chi connectivity index (χ0n) is 16.9. The smallest absolute Gasteiger partial charge is 0.283 e. The van der Waals surface area contributed by atoms with Crippen molar-refractivity contribution >= 4 is 68.8 Å². The van der Waals surface area contributed by atoms with Crippen LogP contribution in [0.1, 0.15) is 20.9 Å². The zero-order chi connectivity index (χ0) is 23.0. The van der Waals surface area contributed by atoms with Crippen LogP contribution in [0, 0.1) is 13.8 Å². The number of benzene rings is 2. The van der Waals surface area contributed by atoms with Gasteiger partial charge in [-0.1, -0.05) is 41.4 Å². The highest BCUT2D eigenvalue weighted by Gasteiger charge is 2.39. The van der Waals surface area contributed by atoms with E-state index in [1.807, 2.05) is 13.8 Å². The first-order valence-corrected chi connectivity index (χ1v) is 11.0. The summed E-state index contributed by atoms with van der Waals surface area (Å²) >= 11 is 13.7. The third-order valence-electron chi connectivity index (χ3n) is 4.76. The third-order valence-corrected chi connectivity index (χ3v) is 6.42. The zero-order valence-corrected chi connectivity index (χ0v) is 19.2. The highest BCUT2D eigenvalue weighted by molar-refractivity contribution is 7.15. The van der Waals surface area contributed by atoms with Gasteiger partial charge in [-0.15, -0.1) is 11.3 Å². The number of aryl methyl sites for hydroxylation is 2. The number of imide groups is 1. The maximum Gasteiger partial charge on any atom is 0.283 e. The molecule has 0 spiro atoms. The number of amides is 3. The summed E-state index contributed by atoms with van der Waals surface area (Å²) in [5, 5.41) is 6.10. The Balaban J connectivity index is 1.55. The fraction of sp³-hybridized carbons (Fsp3) is 0.0909. The number of aromatic nitrogens is 1. The Labute approximate surface area is 197 Å². The van der Waals surface area contributed by atoms with Crippen molar-refractivity contribution in [2.45, 2.75) is 13.8 Å². The average molecular weight is 487 g/mol. The van der Waals surface area contributed by atoms with Crippen molar-refractivity contribution in [1.82, 2.24) is 4.98 Å². The maximum absolute atomic E-state index is 12.9. The van der Waals surface area contributed by atoms with Crippen molar-refractivity contribution in [3.63, 3.8) is 0 Å². The summed E-state index contributed by atoms with van der Waals surface area (Å²) in [7, 11) is 0. The van der Waals surface area contributed by atoms with E-state index >= 15 is 0 Å². The molecule has 32 heavy (non-hydrogen) atoms. The van der Waals surface area contributed by atoms with Crippen LogP contribution >= 0.6 is 34.5 Å². The first-order chi connectivity index (χ1) is 15.3. The van der Waals surface area contributed by atoms with Gasteiger partial charge in [0, 0.05) is 16.1 Å². The van der Waals surface area contributed by atoms with Crippen LogP contribution in [-0.4, -0.2) is 22.7 Å². The van der Waals surface area contributed by atoms with Crippen molar-refractivity contribution in [1.29, 1.82) is 0 Å². The molecule has 4 rings (SSSR count). The molecule has 3 aromatic rings. The van der Waals surface area contributed by atoms with Gasteiger partial charge >= 0.3 is 0 Å². The van der Waals surface area contributed by atoms with E-state index in [4.69, 9.17) is 23.2 Å². The van der Waals surface area contributed by atoms with E-state index in [1.165, 1.54) is 11.3 Å². The van der Waals surface area contributed by atoms with Gasteiger partial charge in [0.15, 0.2) is 5.13 Å². The van der Waals surface area contributed by atoms with Gasteiger partial charge in [-0.25, -0.2) is 9.88 Å².